The Morgan fingerprint density at radius 1 is 1.08 bits per heavy atom. The predicted octanol–water partition coefficient (Wildman–Crippen LogP) is 3.64. The van der Waals surface area contributed by atoms with E-state index in [1.807, 2.05) is 6.07 Å². The van der Waals surface area contributed by atoms with Crippen LogP contribution in [0.25, 0.3) is 0 Å². The van der Waals surface area contributed by atoms with Crippen molar-refractivity contribution in [2.45, 2.75) is 32.7 Å². The summed E-state index contributed by atoms with van der Waals surface area (Å²) < 4.78 is 10.8. The maximum atomic E-state index is 10.6. The van der Waals surface area contributed by atoms with E-state index >= 15 is 0 Å². The lowest BCUT2D eigenvalue weighted by molar-refractivity contribution is 0.154. The molecule has 0 spiro atoms. The minimum atomic E-state index is 0. The molecule has 7 heteroatoms. The molecular formula is C18H32Cl2N2O3. The highest BCUT2D eigenvalue weighted by Gasteiger charge is 2.28. The quantitative estimate of drug-likeness (QED) is 0.739. The number of aromatic hydroxyl groups is 1. The molecule has 0 radical (unpaired) electrons. The van der Waals surface area contributed by atoms with Gasteiger partial charge in [0.15, 0.2) is 0 Å². The number of phenols is 1. The van der Waals surface area contributed by atoms with Crippen LogP contribution in [0.15, 0.2) is 12.1 Å². The largest absolute Gasteiger partial charge is 0.507 e. The third-order valence-electron chi connectivity index (χ3n) is 4.49. The molecular weight excluding hydrogens is 363 g/mol. The SMILES string of the molecule is COc1cc(O)c([C@H](CCC(C)C)N2CCNCC2)c(OC)c1.Cl.Cl. The van der Waals surface area contributed by atoms with Crippen molar-refractivity contribution in [3.8, 4) is 17.2 Å². The molecule has 0 aliphatic carbocycles. The van der Waals surface area contributed by atoms with Crippen LogP contribution >= 0.6 is 24.8 Å². The summed E-state index contributed by atoms with van der Waals surface area (Å²) in [5.74, 6) is 2.21. The molecule has 1 aliphatic rings. The van der Waals surface area contributed by atoms with Crippen molar-refractivity contribution in [3.05, 3.63) is 17.7 Å². The first kappa shape index (κ1) is 24.1. The van der Waals surface area contributed by atoms with Crippen LogP contribution in [0.2, 0.25) is 0 Å². The maximum absolute atomic E-state index is 10.6. The van der Waals surface area contributed by atoms with Crippen LogP contribution in [0.3, 0.4) is 0 Å². The second kappa shape index (κ2) is 11.7. The summed E-state index contributed by atoms with van der Waals surface area (Å²) in [4.78, 5) is 2.45. The summed E-state index contributed by atoms with van der Waals surface area (Å²) in [6.07, 6.45) is 2.12. The van der Waals surface area contributed by atoms with Gasteiger partial charge in [0, 0.05) is 44.4 Å². The number of methoxy groups -OCH3 is 2. The summed E-state index contributed by atoms with van der Waals surface area (Å²) in [5.41, 5.74) is 0.885. The molecule has 1 fully saturated rings. The Balaban J connectivity index is 0.00000288. The minimum absolute atomic E-state index is 0. The Morgan fingerprint density at radius 2 is 1.72 bits per heavy atom. The number of benzene rings is 1. The van der Waals surface area contributed by atoms with Crippen molar-refractivity contribution in [2.75, 3.05) is 40.4 Å². The average Bonchev–Trinajstić information content (AvgIpc) is 2.56. The maximum Gasteiger partial charge on any atom is 0.131 e. The van der Waals surface area contributed by atoms with Crippen LogP contribution in [0.5, 0.6) is 17.2 Å². The van der Waals surface area contributed by atoms with E-state index < -0.39 is 0 Å². The van der Waals surface area contributed by atoms with Gasteiger partial charge in [-0.15, -0.1) is 24.8 Å². The fraction of sp³-hybridized carbons (Fsp3) is 0.667. The van der Waals surface area contributed by atoms with Crippen LogP contribution in [-0.2, 0) is 0 Å². The third-order valence-corrected chi connectivity index (χ3v) is 4.49. The van der Waals surface area contributed by atoms with Crippen LogP contribution in [0.1, 0.15) is 38.3 Å². The molecule has 5 nitrogen and oxygen atoms in total. The van der Waals surface area contributed by atoms with Gasteiger partial charge >= 0.3 is 0 Å². The average molecular weight is 395 g/mol. The molecule has 1 aliphatic heterocycles. The van der Waals surface area contributed by atoms with Gasteiger partial charge in [-0.3, -0.25) is 4.90 Å². The van der Waals surface area contributed by atoms with Gasteiger partial charge in [0.05, 0.1) is 19.8 Å². The summed E-state index contributed by atoms with van der Waals surface area (Å²) in [6, 6.07) is 3.71. The number of ether oxygens (including phenoxy) is 2. The molecule has 1 aromatic rings. The van der Waals surface area contributed by atoms with Crippen LogP contribution in [0, 0.1) is 5.92 Å². The number of nitrogens with zero attached hydrogens (tertiary/aromatic N) is 1. The summed E-state index contributed by atoms with van der Waals surface area (Å²) >= 11 is 0. The Kier molecular flexibility index (Phi) is 11.3. The van der Waals surface area contributed by atoms with E-state index in [4.69, 9.17) is 9.47 Å². The molecule has 2 N–H and O–H groups in total. The molecule has 1 atom stereocenters. The first-order valence-electron chi connectivity index (χ1n) is 8.46. The number of hydrogen-bond acceptors (Lipinski definition) is 5. The van der Waals surface area contributed by atoms with Crippen LogP contribution < -0.4 is 14.8 Å². The number of piperazine rings is 1. The summed E-state index contributed by atoms with van der Waals surface area (Å²) in [5, 5.41) is 14.0. The summed E-state index contributed by atoms with van der Waals surface area (Å²) in [7, 11) is 3.25. The van der Waals surface area contributed by atoms with Crippen LogP contribution in [0.4, 0.5) is 0 Å². The molecule has 1 saturated heterocycles. The molecule has 0 aromatic heterocycles. The lowest BCUT2D eigenvalue weighted by atomic mass is 9.94. The minimum Gasteiger partial charge on any atom is -0.507 e. The van der Waals surface area contributed by atoms with Gasteiger partial charge in [-0.25, -0.2) is 0 Å². The number of rotatable bonds is 7. The smallest absolute Gasteiger partial charge is 0.131 e. The van der Waals surface area contributed by atoms with E-state index in [0.29, 0.717) is 17.4 Å². The number of phenolic OH excluding ortho intramolecular Hbond substituents is 1. The zero-order chi connectivity index (χ0) is 16.8. The fourth-order valence-corrected chi connectivity index (χ4v) is 3.20. The molecule has 0 bridgehead atoms. The first-order chi connectivity index (χ1) is 11.1. The molecule has 1 heterocycles. The van der Waals surface area contributed by atoms with Gasteiger partial charge in [-0.1, -0.05) is 13.8 Å². The Labute approximate surface area is 163 Å². The standard InChI is InChI=1S/C18H30N2O3.2ClH/c1-13(2)5-6-15(20-9-7-19-8-10-20)18-16(21)11-14(22-3)12-17(18)23-4;;/h11-13,15,19,21H,5-10H2,1-4H3;2*1H/t15-;;/m0../s1. The molecule has 146 valence electrons. The van der Waals surface area contributed by atoms with Crippen molar-refractivity contribution in [3.63, 3.8) is 0 Å². The van der Waals surface area contributed by atoms with Crippen molar-refractivity contribution >= 4 is 24.8 Å². The number of hydrogen-bond donors (Lipinski definition) is 2. The van der Waals surface area contributed by atoms with Crippen molar-refractivity contribution in [1.29, 1.82) is 0 Å². The Hall–Kier alpha value is -0.880. The number of nitrogens with one attached hydrogen (secondary N) is 1. The molecule has 0 saturated carbocycles. The normalized spacial score (nSPS) is 15.9. The zero-order valence-corrected chi connectivity index (χ0v) is 17.2. The second-order valence-corrected chi connectivity index (χ2v) is 6.54. The van der Waals surface area contributed by atoms with Gasteiger partial charge in [-0.2, -0.15) is 0 Å². The lowest BCUT2D eigenvalue weighted by Gasteiger charge is -2.36. The molecule has 1 aromatic carbocycles. The topological polar surface area (TPSA) is 54.0 Å². The van der Waals surface area contributed by atoms with Crippen molar-refractivity contribution < 1.29 is 14.6 Å². The molecule has 25 heavy (non-hydrogen) atoms. The van der Waals surface area contributed by atoms with E-state index in [9.17, 15) is 5.11 Å². The van der Waals surface area contributed by atoms with Gasteiger partial charge in [0.1, 0.15) is 17.2 Å². The molecule has 0 amide bonds. The fourth-order valence-electron chi connectivity index (χ4n) is 3.20. The first-order valence-corrected chi connectivity index (χ1v) is 8.46. The third kappa shape index (κ3) is 6.41. The Morgan fingerprint density at radius 3 is 2.24 bits per heavy atom. The number of halogens is 2. The highest BCUT2D eigenvalue weighted by atomic mass is 35.5. The van der Waals surface area contributed by atoms with E-state index in [1.165, 1.54) is 0 Å². The van der Waals surface area contributed by atoms with E-state index in [0.717, 1.165) is 44.6 Å². The van der Waals surface area contributed by atoms with Crippen molar-refractivity contribution in [2.24, 2.45) is 5.92 Å². The monoisotopic (exact) mass is 394 g/mol. The highest BCUT2D eigenvalue weighted by molar-refractivity contribution is 5.85. The lowest BCUT2D eigenvalue weighted by Crippen LogP contribution is -2.45. The highest BCUT2D eigenvalue weighted by Crippen LogP contribution is 2.42. The van der Waals surface area contributed by atoms with Crippen LogP contribution in [-0.4, -0.2) is 50.4 Å². The van der Waals surface area contributed by atoms with Crippen molar-refractivity contribution in [1.82, 2.24) is 10.2 Å². The second-order valence-electron chi connectivity index (χ2n) is 6.54. The van der Waals surface area contributed by atoms with Gasteiger partial charge < -0.3 is 19.9 Å². The van der Waals surface area contributed by atoms with Gasteiger partial charge in [0.2, 0.25) is 0 Å². The van der Waals surface area contributed by atoms with E-state index in [-0.39, 0.29) is 36.6 Å². The van der Waals surface area contributed by atoms with E-state index in [2.05, 4.69) is 24.1 Å². The summed E-state index contributed by atoms with van der Waals surface area (Å²) in [6.45, 7) is 8.41. The zero-order valence-electron chi connectivity index (χ0n) is 15.6. The Bertz CT molecular complexity index is 509. The van der Waals surface area contributed by atoms with Gasteiger partial charge in [0.25, 0.3) is 0 Å². The van der Waals surface area contributed by atoms with Gasteiger partial charge in [-0.05, 0) is 18.8 Å². The molecule has 2 rings (SSSR count). The van der Waals surface area contributed by atoms with E-state index in [1.54, 1.807) is 20.3 Å². The molecule has 0 unspecified atom stereocenters. The predicted molar refractivity (Wildman–Crippen MR) is 107 cm³/mol.